The molecule has 0 fully saturated rings. The molecule has 2 aromatic rings. The Bertz CT molecular complexity index is 515. The lowest BCUT2D eigenvalue weighted by atomic mass is 10.0. The van der Waals surface area contributed by atoms with E-state index in [0.717, 1.165) is 22.4 Å². The Kier molecular flexibility index (Phi) is 2.31. The SMILES string of the molecule is Cc1[nH]c(C#N)c(-c2ccccc2)c1C. The van der Waals surface area contributed by atoms with Crippen LogP contribution in [0.15, 0.2) is 30.3 Å². The van der Waals surface area contributed by atoms with Crippen molar-refractivity contribution in [2.75, 3.05) is 0 Å². The summed E-state index contributed by atoms with van der Waals surface area (Å²) in [6, 6.07) is 12.2. The normalized spacial score (nSPS) is 9.93. The van der Waals surface area contributed by atoms with Crippen molar-refractivity contribution < 1.29 is 0 Å². The molecule has 1 N–H and O–H groups in total. The number of H-pyrrole nitrogens is 1. The van der Waals surface area contributed by atoms with Gasteiger partial charge in [0.2, 0.25) is 0 Å². The van der Waals surface area contributed by atoms with Crippen LogP contribution in [-0.2, 0) is 0 Å². The zero-order valence-electron chi connectivity index (χ0n) is 8.83. The zero-order chi connectivity index (χ0) is 10.8. The lowest BCUT2D eigenvalue weighted by molar-refractivity contribution is 1.21. The minimum absolute atomic E-state index is 0.649. The number of benzene rings is 1. The molecule has 0 atom stereocenters. The average Bonchev–Trinajstić information content (AvgIpc) is 2.56. The van der Waals surface area contributed by atoms with Crippen molar-refractivity contribution in [3.05, 3.63) is 47.3 Å². The summed E-state index contributed by atoms with van der Waals surface area (Å²) in [5.41, 5.74) is 4.98. The van der Waals surface area contributed by atoms with Gasteiger partial charge >= 0.3 is 0 Å². The average molecular weight is 196 g/mol. The van der Waals surface area contributed by atoms with Crippen LogP contribution < -0.4 is 0 Å². The summed E-state index contributed by atoms with van der Waals surface area (Å²) in [7, 11) is 0. The van der Waals surface area contributed by atoms with Crippen molar-refractivity contribution in [3.63, 3.8) is 0 Å². The number of aryl methyl sites for hydroxylation is 1. The molecule has 2 heteroatoms. The molecular formula is C13H12N2. The third kappa shape index (κ3) is 1.53. The monoisotopic (exact) mass is 196 g/mol. The molecule has 0 amide bonds. The van der Waals surface area contributed by atoms with Crippen molar-refractivity contribution in [2.24, 2.45) is 0 Å². The quantitative estimate of drug-likeness (QED) is 0.747. The van der Waals surface area contributed by atoms with Crippen molar-refractivity contribution in [3.8, 4) is 17.2 Å². The summed E-state index contributed by atoms with van der Waals surface area (Å²) in [5.74, 6) is 0. The number of hydrogen-bond acceptors (Lipinski definition) is 1. The number of aromatic nitrogens is 1. The second-order valence-corrected chi connectivity index (χ2v) is 3.60. The summed E-state index contributed by atoms with van der Waals surface area (Å²) in [5, 5.41) is 9.04. The predicted molar refractivity (Wildman–Crippen MR) is 60.4 cm³/mol. The molecule has 0 spiro atoms. The van der Waals surface area contributed by atoms with E-state index >= 15 is 0 Å². The van der Waals surface area contributed by atoms with E-state index in [1.165, 1.54) is 0 Å². The highest BCUT2D eigenvalue weighted by molar-refractivity contribution is 5.73. The molecule has 2 rings (SSSR count). The molecule has 1 aromatic carbocycles. The summed E-state index contributed by atoms with van der Waals surface area (Å²) in [4.78, 5) is 3.10. The van der Waals surface area contributed by atoms with Crippen LogP contribution >= 0.6 is 0 Å². The summed E-state index contributed by atoms with van der Waals surface area (Å²) in [6.45, 7) is 4.03. The Labute approximate surface area is 89.2 Å². The van der Waals surface area contributed by atoms with E-state index in [1.54, 1.807) is 0 Å². The first-order valence-corrected chi connectivity index (χ1v) is 4.88. The second-order valence-electron chi connectivity index (χ2n) is 3.60. The molecule has 0 bridgehead atoms. The minimum atomic E-state index is 0.649. The predicted octanol–water partition coefficient (Wildman–Crippen LogP) is 3.17. The van der Waals surface area contributed by atoms with E-state index in [4.69, 9.17) is 5.26 Å². The summed E-state index contributed by atoms with van der Waals surface area (Å²) >= 11 is 0. The second kappa shape index (κ2) is 3.62. The first-order valence-electron chi connectivity index (χ1n) is 4.88. The van der Waals surface area contributed by atoms with E-state index in [1.807, 2.05) is 44.2 Å². The van der Waals surface area contributed by atoms with Crippen molar-refractivity contribution in [1.82, 2.24) is 4.98 Å². The lowest BCUT2D eigenvalue weighted by Crippen LogP contribution is -1.81. The number of aromatic amines is 1. The number of nitrogens with one attached hydrogen (secondary N) is 1. The molecule has 0 unspecified atom stereocenters. The first-order chi connectivity index (χ1) is 7.24. The van der Waals surface area contributed by atoms with E-state index in [-0.39, 0.29) is 0 Å². The molecule has 0 saturated heterocycles. The standard InChI is InChI=1S/C13H12N2/c1-9-10(2)15-12(8-14)13(9)11-6-4-3-5-7-11/h3-7,15H,1-2H3. The van der Waals surface area contributed by atoms with Crippen LogP contribution in [0.5, 0.6) is 0 Å². The van der Waals surface area contributed by atoms with E-state index in [9.17, 15) is 0 Å². The van der Waals surface area contributed by atoms with Gasteiger partial charge in [0.05, 0.1) is 0 Å². The lowest BCUT2D eigenvalue weighted by Gasteiger charge is -2.00. The molecule has 1 heterocycles. The number of nitrogens with zero attached hydrogens (tertiary/aromatic N) is 1. The Morgan fingerprint density at radius 3 is 2.40 bits per heavy atom. The van der Waals surface area contributed by atoms with Crippen LogP contribution in [-0.4, -0.2) is 4.98 Å². The number of rotatable bonds is 1. The number of nitriles is 1. The van der Waals surface area contributed by atoms with Crippen LogP contribution in [0.1, 0.15) is 17.0 Å². The zero-order valence-corrected chi connectivity index (χ0v) is 8.83. The van der Waals surface area contributed by atoms with Crippen LogP contribution in [0.4, 0.5) is 0 Å². The molecule has 0 radical (unpaired) electrons. The topological polar surface area (TPSA) is 39.6 Å². The van der Waals surface area contributed by atoms with E-state index in [0.29, 0.717) is 5.69 Å². The Hall–Kier alpha value is -2.01. The molecule has 1 aromatic heterocycles. The van der Waals surface area contributed by atoms with Gasteiger partial charge in [-0.05, 0) is 25.0 Å². The summed E-state index contributed by atoms with van der Waals surface area (Å²) < 4.78 is 0. The number of hydrogen-bond donors (Lipinski definition) is 1. The smallest absolute Gasteiger partial charge is 0.125 e. The van der Waals surface area contributed by atoms with Gasteiger partial charge in [-0.1, -0.05) is 30.3 Å². The van der Waals surface area contributed by atoms with Gasteiger partial charge in [0, 0.05) is 11.3 Å². The largest absolute Gasteiger partial charge is 0.350 e. The minimum Gasteiger partial charge on any atom is -0.350 e. The van der Waals surface area contributed by atoms with Gasteiger partial charge in [0.15, 0.2) is 0 Å². The third-order valence-electron chi connectivity index (χ3n) is 2.67. The first kappa shape index (κ1) is 9.54. The highest BCUT2D eigenvalue weighted by Gasteiger charge is 2.12. The van der Waals surface area contributed by atoms with Crippen LogP contribution in [0, 0.1) is 25.2 Å². The Balaban J connectivity index is 2.68. The van der Waals surface area contributed by atoms with Gasteiger partial charge in [-0.25, -0.2) is 0 Å². The van der Waals surface area contributed by atoms with Gasteiger partial charge < -0.3 is 4.98 Å². The van der Waals surface area contributed by atoms with Crippen molar-refractivity contribution >= 4 is 0 Å². The molecule has 0 saturated carbocycles. The molecule has 0 aliphatic carbocycles. The van der Waals surface area contributed by atoms with Gasteiger partial charge in [-0.15, -0.1) is 0 Å². The Morgan fingerprint density at radius 1 is 1.13 bits per heavy atom. The molecule has 74 valence electrons. The molecule has 15 heavy (non-hydrogen) atoms. The fraction of sp³-hybridized carbons (Fsp3) is 0.154. The maximum absolute atomic E-state index is 9.04. The molecule has 2 nitrogen and oxygen atoms in total. The van der Waals surface area contributed by atoms with Crippen LogP contribution in [0.3, 0.4) is 0 Å². The van der Waals surface area contributed by atoms with Gasteiger partial charge in [0.1, 0.15) is 11.8 Å². The van der Waals surface area contributed by atoms with Crippen molar-refractivity contribution in [2.45, 2.75) is 13.8 Å². The van der Waals surface area contributed by atoms with E-state index in [2.05, 4.69) is 11.1 Å². The van der Waals surface area contributed by atoms with Gasteiger partial charge in [-0.2, -0.15) is 5.26 Å². The van der Waals surface area contributed by atoms with Gasteiger partial charge in [-0.3, -0.25) is 0 Å². The fourth-order valence-corrected chi connectivity index (χ4v) is 1.77. The maximum atomic E-state index is 9.04. The molecule has 0 aliphatic rings. The third-order valence-corrected chi connectivity index (χ3v) is 2.67. The van der Waals surface area contributed by atoms with Crippen LogP contribution in [0.2, 0.25) is 0 Å². The van der Waals surface area contributed by atoms with Crippen molar-refractivity contribution in [1.29, 1.82) is 5.26 Å². The van der Waals surface area contributed by atoms with Gasteiger partial charge in [0.25, 0.3) is 0 Å². The van der Waals surface area contributed by atoms with Crippen LogP contribution in [0.25, 0.3) is 11.1 Å². The highest BCUT2D eigenvalue weighted by atomic mass is 14.7. The molecule has 0 aliphatic heterocycles. The molecular weight excluding hydrogens is 184 g/mol. The Morgan fingerprint density at radius 2 is 1.80 bits per heavy atom. The highest BCUT2D eigenvalue weighted by Crippen LogP contribution is 2.28. The maximum Gasteiger partial charge on any atom is 0.125 e. The van der Waals surface area contributed by atoms with E-state index < -0.39 is 0 Å². The fourth-order valence-electron chi connectivity index (χ4n) is 1.77. The summed E-state index contributed by atoms with van der Waals surface area (Å²) in [6.07, 6.45) is 0.